The van der Waals surface area contributed by atoms with Crippen LogP contribution in [0.4, 0.5) is 0 Å². The Kier molecular flexibility index (Phi) is 3.41. The molecule has 0 aromatic heterocycles. The first-order chi connectivity index (χ1) is 13.5. The smallest absolute Gasteiger partial charge is 0.331 e. The van der Waals surface area contributed by atoms with E-state index in [0.717, 1.165) is 42.7 Å². The van der Waals surface area contributed by atoms with Gasteiger partial charge in [0.05, 0.1) is 5.71 Å². The van der Waals surface area contributed by atoms with Crippen LogP contribution in [0.25, 0.3) is 0 Å². The molecule has 6 aliphatic rings. The summed E-state index contributed by atoms with van der Waals surface area (Å²) >= 11 is 0. The summed E-state index contributed by atoms with van der Waals surface area (Å²) in [7, 11) is 0. The number of ether oxygens (including phenoxy) is 1. The predicted octanol–water partition coefficient (Wildman–Crippen LogP) is 4.73. The first kappa shape index (κ1) is 17.3. The van der Waals surface area contributed by atoms with Crippen molar-refractivity contribution in [2.24, 2.45) is 52.0 Å². The van der Waals surface area contributed by atoms with E-state index in [2.05, 4.69) is 31.2 Å². The van der Waals surface area contributed by atoms with Crippen molar-refractivity contribution in [2.45, 2.75) is 64.4 Å². The maximum absolute atomic E-state index is 12.1. The fourth-order valence-electron chi connectivity index (χ4n) is 8.82. The predicted molar refractivity (Wildman–Crippen MR) is 106 cm³/mol. The molecule has 4 fully saturated rings. The number of oxime groups is 1. The van der Waals surface area contributed by atoms with Crippen LogP contribution in [0.5, 0.6) is 0 Å². The lowest BCUT2D eigenvalue weighted by molar-refractivity contribution is -0.170. The highest BCUT2D eigenvalue weighted by Crippen LogP contribution is 2.78. The highest BCUT2D eigenvalue weighted by molar-refractivity contribution is 5.96. The molecule has 0 bridgehead atoms. The number of rotatable bonds is 1. The second-order valence-corrected chi connectivity index (χ2v) is 10.6. The van der Waals surface area contributed by atoms with Crippen molar-refractivity contribution >= 4 is 11.7 Å². The molecule has 9 atom stereocenters. The van der Waals surface area contributed by atoms with Gasteiger partial charge in [-0.1, -0.05) is 31.0 Å². The van der Waals surface area contributed by atoms with E-state index >= 15 is 0 Å². The summed E-state index contributed by atoms with van der Waals surface area (Å²) in [5.41, 5.74) is 2.20. The molecule has 28 heavy (non-hydrogen) atoms. The number of carbonyl (C=O) groups is 1. The Bertz CT molecular complexity index is 828. The van der Waals surface area contributed by atoms with Gasteiger partial charge in [0.2, 0.25) is 0 Å². The second-order valence-electron chi connectivity index (χ2n) is 10.6. The standard InChI is InChI=1S/C24H31NO3/c1-3-13-10-14-11-15(25-27)4-5-16(14)17-6-8-23(2)22(21(13)17)18-12-19(18)24(23)9-7-20(26)28-24/h7,9,11,13,16-19,21-22,27H,3-6,8,10,12H2,1-2H3/b25-15+/t13-,16-,17?,18-,19+,21?,22?,23-,24-/m0/s1. The zero-order chi connectivity index (χ0) is 19.3. The molecule has 0 aromatic carbocycles. The van der Waals surface area contributed by atoms with Gasteiger partial charge in [0.15, 0.2) is 0 Å². The zero-order valence-electron chi connectivity index (χ0n) is 16.9. The largest absolute Gasteiger partial charge is 0.451 e. The third-order valence-electron chi connectivity index (χ3n) is 9.87. The van der Waals surface area contributed by atoms with Crippen molar-refractivity contribution < 1.29 is 14.7 Å². The van der Waals surface area contributed by atoms with Gasteiger partial charge in [-0.15, -0.1) is 0 Å². The Morgan fingerprint density at radius 1 is 1.32 bits per heavy atom. The quantitative estimate of drug-likeness (QED) is 0.406. The average molecular weight is 382 g/mol. The molecule has 4 saturated carbocycles. The molecule has 4 heteroatoms. The van der Waals surface area contributed by atoms with E-state index in [1.54, 1.807) is 11.6 Å². The van der Waals surface area contributed by atoms with E-state index in [1.807, 2.05) is 0 Å². The summed E-state index contributed by atoms with van der Waals surface area (Å²) in [5, 5.41) is 12.8. The summed E-state index contributed by atoms with van der Waals surface area (Å²) in [6.07, 6.45) is 14.1. The van der Waals surface area contributed by atoms with Crippen LogP contribution < -0.4 is 0 Å². The molecule has 5 aliphatic carbocycles. The Balaban J connectivity index is 1.41. The molecule has 1 N–H and O–H groups in total. The van der Waals surface area contributed by atoms with Gasteiger partial charge in [-0.25, -0.2) is 4.79 Å². The molecule has 4 nitrogen and oxygen atoms in total. The first-order valence-corrected chi connectivity index (χ1v) is 11.4. The van der Waals surface area contributed by atoms with E-state index < -0.39 is 0 Å². The minimum absolute atomic E-state index is 0.103. The molecule has 0 amide bonds. The van der Waals surface area contributed by atoms with Gasteiger partial charge in [0.25, 0.3) is 0 Å². The number of nitrogens with zero attached hydrogens (tertiary/aromatic N) is 1. The van der Waals surface area contributed by atoms with Gasteiger partial charge < -0.3 is 9.94 Å². The summed E-state index contributed by atoms with van der Waals surface area (Å²) in [5.74, 6) is 4.72. The summed E-state index contributed by atoms with van der Waals surface area (Å²) in [6.45, 7) is 4.79. The normalized spacial score (nSPS) is 54.6. The van der Waals surface area contributed by atoms with Gasteiger partial charge in [-0.3, -0.25) is 0 Å². The van der Waals surface area contributed by atoms with Crippen molar-refractivity contribution in [2.75, 3.05) is 0 Å². The Morgan fingerprint density at radius 2 is 2.18 bits per heavy atom. The lowest BCUT2D eigenvalue weighted by atomic mass is 9.46. The number of hydrogen-bond acceptors (Lipinski definition) is 4. The van der Waals surface area contributed by atoms with Gasteiger partial charge >= 0.3 is 5.97 Å². The van der Waals surface area contributed by atoms with Gasteiger partial charge in [-0.2, -0.15) is 0 Å². The number of esters is 1. The van der Waals surface area contributed by atoms with Crippen molar-refractivity contribution in [1.29, 1.82) is 0 Å². The van der Waals surface area contributed by atoms with Crippen LogP contribution in [0, 0.1) is 46.8 Å². The third kappa shape index (κ3) is 1.92. The average Bonchev–Trinajstić information content (AvgIpc) is 3.35. The SMILES string of the molecule is CC[C@H]1CC2=C/C(=N/O)CC[C@@H]2C2CC[C@@]3(C)C(C21)[C@H]1C[C@H]1[C@@]31C=CC(=O)O1. The van der Waals surface area contributed by atoms with E-state index in [9.17, 15) is 10.0 Å². The molecule has 6 rings (SSSR count). The topological polar surface area (TPSA) is 58.9 Å². The van der Waals surface area contributed by atoms with Crippen molar-refractivity contribution in [1.82, 2.24) is 0 Å². The number of carbonyl (C=O) groups excluding carboxylic acids is 1. The Labute approximate surface area is 167 Å². The van der Waals surface area contributed by atoms with Crippen LogP contribution in [0.2, 0.25) is 0 Å². The molecular weight excluding hydrogens is 350 g/mol. The molecule has 0 saturated heterocycles. The number of hydrogen-bond donors (Lipinski definition) is 1. The van der Waals surface area contributed by atoms with E-state index in [4.69, 9.17) is 4.74 Å². The number of fused-ring (bicyclic) bond motifs is 9. The molecule has 150 valence electrons. The van der Waals surface area contributed by atoms with Gasteiger partial charge in [-0.05, 0) is 86.2 Å². The molecular formula is C24H31NO3. The summed E-state index contributed by atoms with van der Waals surface area (Å²) in [4.78, 5) is 12.1. The van der Waals surface area contributed by atoms with Crippen molar-refractivity contribution in [3.05, 3.63) is 23.8 Å². The summed E-state index contributed by atoms with van der Waals surface area (Å²) < 4.78 is 6.12. The van der Waals surface area contributed by atoms with E-state index in [1.165, 1.54) is 25.7 Å². The Hall–Kier alpha value is -1.58. The van der Waals surface area contributed by atoms with Crippen molar-refractivity contribution in [3.8, 4) is 0 Å². The molecule has 1 heterocycles. The lowest BCUT2D eigenvalue weighted by Crippen LogP contribution is -2.56. The van der Waals surface area contributed by atoms with Crippen LogP contribution in [0.15, 0.2) is 29.0 Å². The summed E-state index contributed by atoms with van der Waals surface area (Å²) in [6, 6.07) is 0. The van der Waals surface area contributed by atoms with Gasteiger partial charge in [0, 0.05) is 17.4 Å². The fourth-order valence-corrected chi connectivity index (χ4v) is 8.82. The maximum Gasteiger partial charge on any atom is 0.331 e. The van der Waals surface area contributed by atoms with Crippen LogP contribution in [-0.4, -0.2) is 22.5 Å². The monoisotopic (exact) mass is 381 g/mol. The van der Waals surface area contributed by atoms with Crippen LogP contribution in [0.1, 0.15) is 58.8 Å². The van der Waals surface area contributed by atoms with Gasteiger partial charge in [0.1, 0.15) is 5.60 Å². The zero-order valence-corrected chi connectivity index (χ0v) is 16.9. The lowest BCUT2D eigenvalue weighted by Gasteiger charge is -2.59. The highest BCUT2D eigenvalue weighted by atomic mass is 16.6. The molecule has 1 spiro atoms. The number of allylic oxidation sites excluding steroid dienone is 2. The minimum atomic E-state index is -0.317. The molecule has 1 aliphatic heterocycles. The van der Waals surface area contributed by atoms with Crippen LogP contribution in [0.3, 0.4) is 0 Å². The van der Waals surface area contributed by atoms with Crippen LogP contribution >= 0.6 is 0 Å². The second kappa shape index (κ2) is 5.52. The Morgan fingerprint density at radius 3 is 2.89 bits per heavy atom. The van der Waals surface area contributed by atoms with Crippen LogP contribution in [-0.2, 0) is 9.53 Å². The maximum atomic E-state index is 12.1. The van der Waals surface area contributed by atoms with Crippen molar-refractivity contribution in [3.63, 3.8) is 0 Å². The molecule has 0 aromatic rings. The fraction of sp³-hybridized carbons (Fsp3) is 0.750. The molecule has 0 radical (unpaired) electrons. The van der Waals surface area contributed by atoms with E-state index in [0.29, 0.717) is 23.7 Å². The molecule has 3 unspecified atom stereocenters. The third-order valence-corrected chi connectivity index (χ3v) is 9.87. The highest BCUT2D eigenvalue weighted by Gasteiger charge is 2.78. The first-order valence-electron chi connectivity index (χ1n) is 11.4. The minimum Gasteiger partial charge on any atom is -0.451 e. The van der Waals surface area contributed by atoms with E-state index in [-0.39, 0.29) is 17.0 Å².